The van der Waals surface area contributed by atoms with Gasteiger partial charge < -0.3 is 4.98 Å². The van der Waals surface area contributed by atoms with E-state index >= 15 is 0 Å². The van der Waals surface area contributed by atoms with Crippen molar-refractivity contribution in [1.82, 2.24) is 15.0 Å². The SMILES string of the molecule is Cc1ccc(-c2cc[c-]c(-c3ncc(C)cn3)c2)cc1.N#Cc1cc[c-]c(-c2ccccn2)c1.[Ir]. The molecule has 0 aliphatic rings. The van der Waals surface area contributed by atoms with Gasteiger partial charge in [-0.2, -0.15) is 5.26 Å². The van der Waals surface area contributed by atoms with Gasteiger partial charge in [0.2, 0.25) is 0 Å². The third-order valence-electron chi connectivity index (χ3n) is 5.08. The number of hydrogen-bond acceptors (Lipinski definition) is 4. The van der Waals surface area contributed by atoms with Crippen molar-refractivity contribution in [3.05, 3.63) is 126 Å². The number of aromatic nitrogens is 3. The molecular formula is C30H22IrN4-2. The molecule has 0 fully saturated rings. The molecule has 4 nitrogen and oxygen atoms in total. The third kappa shape index (κ3) is 7.01. The van der Waals surface area contributed by atoms with E-state index in [9.17, 15) is 0 Å². The Morgan fingerprint density at radius 2 is 1.43 bits per heavy atom. The molecule has 0 saturated carbocycles. The Bertz CT molecular complexity index is 1350. The summed E-state index contributed by atoms with van der Waals surface area (Å²) in [6.45, 7) is 4.07. The Hall–Kier alpha value is -3.97. The summed E-state index contributed by atoms with van der Waals surface area (Å²) in [5.41, 5.74) is 7.91. The molecular weight excluding hydrogens is 609 g/mol. The Morgan fingerprint density at radius 1 is 0.714 bits per heavy atom. The second-order valence-electron chi connectivity index (χ2n) is 7.76. The fourth-order valence-corrected chi connectivity index (χ4v) is 3.26. The molecule has 0 aliphatic carbocycles. The first kappa shape index (κ1) is 25.6. The summed E-state index contributed by atoms with van der Waals surface area (Å²) in [5.74, 6) is 0.713. The number of nitriles is 1. The zero-order valence-electron chi connectivity index (χ0n) is 19.4. The summed E-state index contributed by atoms with van der Waals surface area (Å²) >= 11 is 0. The van der Waals surface area contributed by atoms with Crippen LogP contribution in [0, 0.1) is 37.3 Å². The van der Waals surface area contributed by atoms with Crippen molar-refractivity contribution < 1.29 is 20.1 Å². The Morgan fingerprint density at radius 3 is 2.11 bits per heavy atom. The molecule has 0 bridgehead atoms. The zero-order valence-corrected chi connectivity index (χ0v) is 21.8. The second-order valence-corrected chi connectivity index (χ2v) is 7.76. The van der Waals surface area contributed by atoms with E-state index in [0.717, 1.165) is 27.9 Å². The van der Waals surface area contributed by atoms with Crippen molar-refractivity contribution in [2.24, 2.45) is 0 Å². The standard InChI is InChI=1S/C18H15N2.C12H7N2.Ir/c1-13-6-8-15(9-7-13)16-4-3-5-17(10-16)18-19-11-14(2)12-20-18;13-9-10-4-3-5-11(8-10)12-6-1-2-7-14-12;/h3-4,6-12H,1-2H3;1-4,6-8H;/q2*-1;. The van der Waals surface area contributed by atoms with E-state index in [0.29, 0.717) is 11.4 Å². The average molecular weight is 631 g/mol. The molecule has 0 saturated heterocycles. The average Bonchev–Trinajstić information content (AvgIpc) is 2.90. The van der Waals surface area contributed by atoms with E-state index in [1.165, 1.54) is 11.1 Å². The first-order chi connectivity index (χ1) is 16.6. The normalized spacial score (nSPS) is 9.74. The van der Waals surface area contributed by atoms with E-state index in [2.05, 4.69) is 76.5 Å². The number of benzene rings is 3. The van der Waals surface area contributed by atoms with Crippen LogP contribution in [0.5, 0.6) is 0 Å². The van der Waals surface area contributed by atoms with Crippen LogP contribution in [-0.4, -0.2) is 15.0 Å². The Labute approximate surface area is 219 Å². The predicted octanol–water partition coefficient (Wildman–Crippen LogP) is 6.65. The number of pyridine rings is 1. The summed E-state index contributed by atoms with van der Waals surface area (Å²) in [6, 6.07) is 33.8. The van der Waals surface area contributed by atoms with Gasteiger partial charge in [0.25, 0.3) is 0 Å². The van der Waals surface area contributed by atoms with Crippen LogP contribution in [0.15, 0.2) is 97.5 Å². The first-order valence-corrected chi connectivity index (χ1v) is 10.8. The summed E-state index contributed by atoms with van der Waals surface area (Å²) in [6.07, 6.45) is 5.38. The van der Waals surface area contributed by atoms with Crippen LogP contribution >= 0.6 is 0 Å². The van der Waals surface area contributed by atoms with Crippen LogP contribution in [0.2, 0.25) is 0 Å². The van der Waals surface area contributed by atoms with Gasteiger partial charge in [0.05, 0.1) is 11.9 Å². The van der Waals surface area contributed by atoms with Crippen LogP contribution in [0.25, 0.3) is 33.8 Å². The summed E-state index contributed by atoms with van der Waals surface area (Å²) in [7, 11) is 0. The molecule has 3 aromatic carbocycles. The van der Waals surface area contributed by atoms with Gasteiger partial charge in [-0.15, -0.1) is 65.2 Å². The van der Waals surface area contributed by atoms with Gasteiger partial charge in [0.1, 0.15) is 0 Å². The molecule has 1 radical (unpaired) electrons. The molecule has 5 rings (SSSR count). The smallest absolute Gasteiger partial charge is 0.0789 e. The first-order valence-electron chi connectivity index (χ1n) is 10.8. The van der Waals surface area contributed by atoms with Crippen LogP contribution in [-0.2, 0) is 20.1 Å². The van der Waals surface area contributed by atoms with Gasteiger partial charge in [-0.25, -0.2) is 0 Å². The van der Waals surface area contributed by atoms with Crippen molar-refractivity contribution in [3.8, 4) is 39.8 Å². The Kier molecular flexibility index (Phi) is 9.15. The van der Waals surface area contributed by atoms with E-state index in [1.54, 1.807) is 24.4 Å². The van der Waals surface area contributed by atoms with E-state index < -0.39 is 0 Å². The molecule has 5 aromatic rings. The summed E-state index contributed by atoms with van der Waals surface area (Å²) in [5, 5.41) is 8.72. The quantitative estimate of drug-likeness (QED) is 0.210. The second kappa shape index (κ2) is 12.5. The topological polar surface area (TPSA) is 62.5 Å². The van der Waals surface area contributed by atoms with Gasteiger partial charge in [0, 0.05) is 38.7 Å². The molecule has 0 atom stereocenters. The molecule has 173 valence electrons. The molecule has 2 aromatic heterocycles. The molecule has 0 aliphatic heterocycles. The molecule has 5 heteroatoms. The Balaban J connectivity index is 0.000000202. The largest absolute Gasteiger partial charge is 0.305 e. The molecule has 0 N–H and O–H groups in total. The van der Waals surface area contributed by atoms with Crippen LogP contribution in [0.1, 0.15) is 16.7 Å². The minimum atomic E-state index is 0. The molecule has 0 amide bonds. The zero-order chi connectivity index (χ0) is 23.8. The van der Waals surface area contributed by atoms with Crippen molar-refractivity contribution in [2.75, 3.05) is 0 Å². The number of rotatable bonds is 3. The van der Waals surface area contributed by atoms with Gasteiger partial charge in [-0.1, -0.05) is 42.0 Å². The van der Waals surface area contributed by atoms with Crippen LogP contribution in [0.3, 0.4) is 0 Å². The fraction of sp³-hybridized carbons (Fsp3) is 0.0667. The van der Waals surface area contributed by atoms with Crippen molar-refractivity contribution in [1.29, 1.82) is 5.26 Å². The predicted molar refractivity (Wildman–Crippen MR) is 134 cm³/mol. The molecule has 0 spiro atoms. The van der Waals surface area contributed by atoms with Crippen LogP contribution < -0.4 is 0 Å². The van der Waals surface area contributed by atoms with Gasteiger partial charge >= 0.3 is 0 Å². The maximum absolute atomic E-state index is 8.72. The van der Waals surface area contributed by atoms with Crippen molar-refractivity contribution in [2.45, 2.75) is 13.8 Å². The summed E-state index contributed by atoms with van der Waals surface area (Å²) < 4.78 is 0. The van der Waals surface area contributed by atoms with Gasteiger partial charge in [-0.3, -0.25) is 9.97 Å². The number of hydrogen-bond donors (Lipinski definition) is 0. The maximum atomic E-state index is 8.72. The molecule has 0 unspecified atom stereocenters. The fourth-order valence-electron chi connectivity index (χ4n) is 3.26. The third-order valence-corrected chi connectivity index (χ3v) is 5.08. The maximum Gasteiger partial charge on any atom is 0.0789 e. The minimum Gasteiger partial charge on any atom is -0.305 e. The van der Waals surface area contributed by atoms with Crippen molar-refractivity contribution in [3.63, 3.8) is 0 Å². The van der Waals surface area contributed by atoms with E-state index in [1.807, 2.05) is 43.6 Å². The molecule has 35 heavy (non-hydrogen) atoms. The molecule has 2 heterocycles. The van der Waals surface area contributed by atoms with Crippen molar-refractivity contribution >= 4 is 0 Å². The van der Waals surface area contributed by atoms with Crippen LogP contribution in [0.4, 0.5) is 0 Å². The van der Waals surface area contributed by atoms with E-state index in [-0.39, 0.29) is 20.1 Å². The number of aryl methyl sites for hydroxylation is 2. The minimum absolute atomic E-state index is 0. The number of nitrogens with zero attached hydrogens (tertiary/aromatic N) is 4. The van der Waals surface area contributed by atoms with E-state index in [4.69, 9.17) is 5.26 Å². The summed E-state index contributed by atoms with van der Waals surface area (Å²) in [4.78, 5) is 12.9. The monoisotopic (exact) mass is 631 g/mol. The van der Waals surface area contributed by atoms with Gasteiger partial charge in [0.15, 0.2) is 0 Å². The van der Waals surface area contributed by atoms with Gasteiger partial charge in [-0.05, 0) is 42.3 Å².